The third-order valence-electron chi connectivity index (χ3n) is 16.4. The zero-order valence-electron chi connectivity index (χ0n) is 56.4. The summed E-state index contributed by atoms with van der Waals surface area (Å²) in [5.74, 6) is -0.186. The minimum atomic E-state index is -4.37. The van der Waals surface area contributed by atoms with Gasteiger partial charge in [-0.1, -0.05) is 331 Å². The number of phosphoric acid groups is 1. The molecule has 0 fully saturated rings. The lowest BCUT2D eigenvalue weighted by molar-refractivity contribution is -0.870. The van der Waals surface area contributed by atoms with E-state index in [0.717, 1.165) is 57.8 Å². The van der Waals surface area contributed by atoms with Crippen LogP contribution in [0.1, 0.15) is 348 Å². The van der Waals surface area contributed by atoms with Crippen molar-refractivity contribution >= 4 is 13.7 Å². The van der Waals surface area contributed by atoms with E-state index in [9.17, 15) is 19.4 Å². The Balaban J connectivity index is 3.96. The molecule has 0 aromatic rings. The van der Waals surface area contributed by atoms with Crippen molar-refractivity contribution in [1.82, 2.24) is 5.32 Å². The fourth-order valence-corrected chi connectivity index (χ4v) is 11.5. The van der Waals surface area contributed by atoms with Crippen molar-refractivity contribution in [2.45, 2.75) is 360 Å². The molecule has 0 aliphatic rings. The van der Waals surface area contributed by atoms with Gasteiger partial charge in [0.1, 0.15) is 13.2 Å². The number of carbonyl (C=O) groups excluding carboxylic acids is 1. The van der Waals surface area contributed by atoms with Gasteiger partial charge in [0.25, 0.3) is 0 Å². The van der Waals surface area contributed by atoms with Crippen LogP contribution in [0.4, 0.5) is 0 Å². The fraction of sp³-hybridized carbons (Fsp3) is 0.827. The summed E-state index contributed by atoms with van der Waals surface area (Å²) in [6, 6.07) is -0.872. The molecule has 0 aliphatic heterocycles. The van der Waals surface area contributed by atoms with Crippen LogP contribution in [0.5, 0.6) is 0 Å². The molecule has 3 unspecified atom stereocenters. The number of carbonyl (C=O) groups is 1. The van der Waals surface area contributed by atoms with Crippen molar-refractivity contribution in [2.24, 2.45) is 0 Å². The molecule has 0 spiro atoms. The molecule has 0 rings (SSSR count). The maximum absolute atomic E-state index is 13.0. The molecular formula is C75H142N2O6P+. The molecule has 0 heterocycles. The van der Waals surface area contributed by atoms with Crippen LogP contribution < -0.4 is 5.32 Å². The second-order valence-corrected chi connectivity index (χ2v) is 27.4. The molecule has 0 bridgehead atoms. The van der Waals surface area contributed by atoms with E-state index in [1.54, 1.807) is 6.08 Å². The molecule has 0 aliphatic carbocycles. The Morgan fingerprint density at radius 3 is 1.04 bits per heavy atom. The van der Waals surface area contributed by atoms with Crippen LogP contribution in [0, 0.1) is 0 Å². The number of allylic oxidation sites excluding steroid dienone is 11. The summed E-state index contributed by atoms with van der Waals surface area (Å²) in [6.07, 6.45) is 92.2. The molecule has 0 aromatic carbocycles. The highest BCUT2D eigenvalue weighted by molar-refractivity contribution is 7.47. The number of nitrogens with one attached hydrogen (secondary N) is 1. The molecule has 0 saturated carbocycles. The number of aliphatic hydroxyl groups is 1. The standard InChI is InChI=1S/C75H141N2O6P/c1-6-8-10-12-14-16-18-20-22-24-26-28-29-30-31-32-33-34-35-36-37-38-39-40-41-42-43-44-45-46-47-49-51-53-55-57-59-61-63-65-67-69-75(79)76-73(72-83-84(80,81)82-71-70-77(3,4)5)74(78)68-66-64-62-60-58-56-54-52-50-48-27-25-23-21-19-17-15-13-11-9-7-2/h18,20,24,26,29-30,50,52,58,60,66,68,73-74,78H,6-17,19,21-23,25,27-28,31-49,51,53-57,59,61-65,67,69-72H2,1-5H3,(H-,76,79,80,81)/p+1/b20-18-,26-24-,30-29-,52-50+,60-58+,68-66+. The van der Waals surface area contributed by atoms with Crippen LogP contribution in [0.25, 0.3) is 0 Å². The monoisotopic (exact) mass is 1200 g/mol. The Morgan fingerprint density at radius 2 is 0.690 bits per heavy atom. The Kier molecular flexibility index (Phi) is 63.8. The van der Waals surface area contributed by atoms with E-state index in [4.69, 9.17) is 9.05 Å². The molecule has 3 N–H and O–H groups in total. The lowest BCUT2D eigenvalue weighted by Crippen LogP contribution is -2.45. The predicted octanol–water partition coefficient (Wildman–Crippen LogP) is 23.3. The number of phosphoric ester groups is 1. The third-order valence-corrected chi connectivity index (χ3v) is 17.4. The van der Waals surface area contributed by atoms with Gasteiger partial charge in [0, 0.05) is 6.42 Å². The van der Waals surface area contributed by atoms with Crippen molar-refractivity contribution in [3.05, 3.63) is 72.9 Å². The van der Waals surface area contributed by atoms with E-state index < -0.39 is 20.0 Å². The molecule has 0 aromatic heterocycles. The zero-order chi connectivity index (χ0) is 61.2. The number of hydrogen-bond acceptors (Lipinski definition) is 5. The van der Waals surface area contributed by atoms with Crippen molar-refractivity contribution in [3.63, 3.8) is 0 Å². The van der Waals surface area contributed by atoms with Crippen molar-refractivity contribution in [1.29, 1.82) is 0 Å². The summed E-state index contributed by atoms with van der Waals surface area (Å²) in [4.78, 5) is 23.4. The highest BCUT2D eigenvalue weighted by Crippen LogP contribution is 2.43. The van der Waals surface area contributed by atoms with Crippen LogP contribution in [0.2, 0.25) is 0 Å². The van der Waals surface area contributed by atoms with Gasteiger partial charge in [0.2, 0.25) is 5.91 Å². The smallest absolute Gasteiger partial charge is 0.387 e. The maximum atomic E-state index is 13.0. The zero-order valence-corrected chi connectivity index (χ0v) is 57.3. The number of nitrogens with zero attached hydrogens (tertiary/aromatic N) is 1. The van der Waals surface area contributed by atoms with E-state index >= 15 is 0 Å². The van der Waals surface area contributed by atoms with Crippen LogP contribution in [-0.2, 0) is 18.4 Å². The predicted molar refractivity (Wildman–Crippen MR) is 369 cm³/mol. The molecule has 0 saturated heterocycles. The van der Waals surface area contributed by atoms with Crippen LogP contribution in [0.3, 0.4) is 0 Å². The third kappa shape index (κ3) is 67.4. The number of aliphatic hydroxyl groups excluding tert-OH is 1. The highest BCUT2D eigenvalue weighted by Gasteiger charge is 2.28. The Hall–Kier alpha value is -2.06. The van der Waals surface area contributed by atoms with Crippen LogP contribution in [-0.4, -0.2) is 73.4 Å². The summed E-state index contributed by atoms with van der Waals surface area (Å²) in [5.41, 5.74) is 0. The van der Waals surface area contributed by atoms with E-state index in [-0.39, 0.29) is 19.1 Å². The average Bonchev–Trinajstić information content (AvgIpc) is 3.56. The molecule has 3 atom stereocenters. The first kappa shape index (κ1) is 81.9. The first-order valence-corrected chi connectivity index (χ1v) is 37.8. The average molecular weight is 1200 g/mol. The topological polar surface area (TPSA) is 105 Å². The molecule has 492 valence electrons. The van der Waals surface area contributed by atoms with Gasteiger partial charge in [0.05, 0.1) is 39.9 Å². The lowest BCUT2D eigenvalue weighted by Gasteiger charge is -2.25. The molecular weight excluding hydrogens is 1060 g/mol. The van der Waals surface area contributed by atoms with Gasteiger partial charge in [-0.2, -0.15) is 0 Å². The van der Waals surface area contributed by atoms with Crippen molar-refractivity contribution < 1.29 is 32.9 Å². The Bertz CT molecular complexity index is 1600. The SMILES string of the molecule is CCCCCCC/C=C\C/C=C\C/C=C\CCCCCCCCCCCCCCCCCCCCCCCCCCCCC(=O)NC(COP(=O)(O)OCC[N+](C)(C)C)C(O)/C=C/CC/C=C/CC/C=C/CCCCCCCCCCCCC. The van der Waals surface area contributed by atoms with Crippen molar-refractivity contribution in [3.8, 4) is 0 Å². The van der Waals surface area contributed by atoms with E-state index in [1.807, 2.05) is 27.2 Å². The second kappa shape index (κ2) is 65.4. The van der Waals surface area contributed by atoms with E-state index in [1.165, 1.54) is 270 Å². The van der Waals surface area contributed by atoms with Crippen LogP contribution >= 0.6 is 7.82 Å². The molecule has 1 amide bonds. The molecule has 0 radical (unpaired) electrons. The Morgan fingerprint density at radius 1 is 0.405 bits per heavy atom. The molecule has 84 heavy (non-hydrogen) atoms. The fourth-order valence-electron chi connectivity index (χ4n) is 10.7. The number of rotatable bonds is 67. The second-order valence-electron chi connectivity index (χ2n) is 25.9. The minimum Gasteiger partial charge on any atom is -0.387 e. The minimum absolute atomic E-state index is 0.0535. The van der Waals surface area contributed by atoms with E-state index in [0.29, 0.717) is 17.4 Å². The largest absolute Gasteiger partial charge is 0.472 e. The number of unbranched alkanes of at least 4 members (excludes halogenated alkanes) is 44. The number of quaternary nitrogens is 1. The summed E-state index contributed by atoms with van der Waals surface area (Å²) in [7, 11) is 1.56. The van der Waals surface area contributed by atoms with Gasteiger partial charge >= 0.3 is 7.82 Å². The summed E-state index contributed by atoms with van der Waals surface area (Å²) in [6.45, 7) is 4.81. The first-order valence-electron chi connectivity index (χ1n) is 36.3. The molecule has 8 nitrogen and oxygen atoms in total. The van der Waals surface area contributed by atoms with Gasteiger partial charge in [-0.15, -0.1) is 0 Å². The number of amides is 1. The Labute approximate surface area is 523 Å². The van der Waals surface area contributed by atoms with Gasteiger partial charge < -0.3 is 19.8 Å². The van der Waals surface area contributed by atoms with Gasteiger partial charge in [-0.05, 0) is 83.5 Å². The molecule has 9 heteroatoms. The lowest BCUT2D eigenvalue weighted by atomic mass is 10.0. The van der Waals surface area contributed by atoms with Crippen LogP contribution in [0.15, 0.2) is 72.9 Å². The quantitative estimate of drug-likeness (QED) is 0.0243. The first-order chi connectivity index (χ1) is 41.0. The van der Waals surface area contributed by atoms with Gasteiger partial charge in [0.15, 0.2) is 0 Å². The normalized spacial score (nSPS) is 14.0. The summed E-state index contributed by atoms with van der Waals surface area (Å²) >= 11 is 0. The van der Waals surface area contributed by atoms with Crippen molar-refractivity contribution in [2.75, 3.05) is 40.9 Å². The summed E-state index contributed by atoms with van der Waals surface area (Å²) in [5, 5.41) is 14.0. The maximum Gasteiger partial charge on any atom is 0.472 e. The number of hydrogen-bond donors (Lipinski definition) is 3. The summed E-state index contributed by atoms with van der Waals surface area (Å²) < 4.78 is 23.8. The number of likely N-dealkylation sites (N-methyl/N-ethyl adjacent to an activating group) is 1. The van der Waals surface area contributed by atoms with E-state index in [2.05, 4.69) is 79.9 Å². The van der Waals surface area contributed by atoms with Gasteiger partial charge in [-0.3, -0.25) is 13.8 Å². The highest BCUT2D eigenvalue weighted by atomic mass is 31.2. The van der Waals surface area contributed by atoms with Gasteiger partial charge in [-0.25, -0.2) is 4.57 Å².